The molecule has 0 radical (unpaired) electrons. The highest BCUT2D eigenvalue weighted by Crippen LogP contribution is 2.14. The monoisotopic (exact) mass is 346 g/mol. The second-order valence-corrected chi connectivity index (χ2v) is 6.27. The quantitative estimate of drug-likeness (QED) is 0.749. The van der Waals surface area contributed by atoms with Gasteiger partial charge in [0.05, 0.1) is 19.8 Å². The van der Waals surface area contributed by atoms with Crippen LogP contribution in [-0.2, 0) is 9.47 Å². The molecule has 1 atom stereocenters. The molecule has 114 valence electrons. The lowest BCUT2D eigenvalue weighted by molar-refractivity contribution is 0.0883. The molecule has 1 saturated heterocycles. The second kappa shape index (κ2) is 8.64. The first-order valence-electron chi connectivity index (χ1n) is 7.28. The van der Waals surface area contributed by atoms with Crippen LogP contribution in [-0.4, -0.2) is 57.0 Å². The summed E-state index contributed by atoms with van der Waals surface area (Å²) in [6.45, 7) is 5.29. The van der Waals surface area contributed by atoms with Gasteiger partial charge in [0.15, 0.2) is 0 Å². The predicted octanol–water partition coefficient (Wildman–Crippen LogP) is 2.12. The third-order valence-electron chi connectivity index (χ3n) is 3.51. The molecule has 1 N–H and O–H groups in total. The molecule has 0 spiro atoms. The van der Waals surface area contributed by atoms with Gasteiger partial charge in [0.1, 0.15) is 0 Å². The van der Waals surface area contributed by atoms with Gasteiger partial charge in [0, 0.05) is 36.7 Å². The summed E-state index contributed by atoms with van der Waals surface area (Å²) in [4.78, 5) is 13.7. The minimum atomic E-state index is 0.0132. The van der Waals surface area contributed by atoms with E-state index >= 15 is 0 Å². The summed E-state index contributed by atoms with van der Waals surface area (Å²) in [6.07, 6.45) is 4.99. The summed E-state index contributed by atoms with van der Waals surface area (Å²) >= 11 is 3.44. The molecule has 6 heteroatoms. The molecular formula is C14H23BrN2O3. The van der Waals surface area contributed by atoms with Crippen LogP contribution < -0.4 is 5.32 Å². The molecule has 0 saturated carbocycles. The maximum absolute atomic E-state index is 11.9. The maximum atomic E-state index is 11.9. The second-order valence-electron chi connectivity index (χ2n) is 5.25. The van der Waals surface area contributed by atoms with Gasteiger partial charge in [-0.2, -0.15) is 0 Å². The number of hydrogen-bond acceptors (Lipinski definition) is 3. The number of urea groups is 1. The molecule has 2 aliphatic heterocycles. The Balaban J connectivity index is 1.48. The van der Waals surface area contributed by atoms with Gasteiger partial charge in [-0.15, -0.1) is 0 Å². The van der Waals surface area contributed by atoms with Gasteiger partial charge < -0.3 is 19.7 Å². The number of hydrogen-bond donors (Lipinski definition) is 1. The van der Waals surface area contributed by atoms with E-state index in [2.05, 4.69) is 27.3 Å². The molecule has 0 unspecified atom stereocenters. The van der Waals surface area contributed by atoms with Crippen LogP contribution in [0.4, 0.5) is 4.79 Å². The molecule has 0 aromatic carbocycles. The molecule has 0 aromatic heterocycles. The normalized spacial score (nSPS) is 22.8. The Morgan fingerprint density at radius 3 is 3.25 bits per heavy atom. The van der Waals surface area contributed by atoms with Gasteiger partial charge >= 0.3 is 6.03 Å². The molecule has 20 heavy (non-hydrogen) atoms. The Hall–Kier alpha value is -0.590. The first kappa shape index (κ1) is 15.8. The minimum Gasteiger partial charge on any atom is -0.381 e. The van der Waals surface area contributed by atoms with Crippen molar-refractivity contribution in [2.45, 2.75) is 19.3 Å². The van der Waals surface area contributed by atoms with E-state index in [0.717, 1.165) is 50.1 Å². The van der Waals surface area contributed by atoms with Crippen LogP contribution in [0.15, 0.2) is 10.6 Å². The van der Waals surface area contributed by atoms with Crippen molar-refractivity contribution in [2.24, 2.45) is 5.92 Å². The Kier molecular flexibility index (Phi) is 6.82. The van der Waals surface area contributed by atoms with Crippen molar-refractivity contribution in [1.82, 2.24) is 10.2 Å². The van der Waals surface area contributed by atoms with E-state index < -0.39 is 0 Å². The lowest BCUT2D eigenvalue weighted by Crippen LogP contribution is -2.42. The number of nitrogens with zero attached hydrogens (tertiary/aromatic N) is 1. The fraction of sp³-hybridized carbons (Fsp3) is 0.786. The molecule has 2 rings (SSSR count). The van der Waals surface area contributed by atoms with Crippen molar-refractivity contribution in [2.75, 3.05) is 46.1 Å². The molecular weight excluding hydrogens is 324 g/mol. The topological polar surface area (TPSA) is 50.8 Å². The van der Waals surface area contributed by atoms with Crippen LogP contribution in [0.25, 0.3) is 0 Å². The summed E-state index contributed by atoms with van der Waals surface area (Å²) in [5, 5.41) is 2.94. The smallest absolute Gasteiger partial charge is 0.317 e. The Bertz CT molecular complexity index is 343. The molecule has 2 aliphatic rings. The van der Waals surface area contributed by atoms with Gasteiger partial charge in [-0.1, -0.05) is 22.0 Å². The molecule has 0 bridgehead atoms. The van der Waals surface area contributed by atoms with E-state index in [1.165, 1.54) is 0 Å². The maximum Gasteiger partial charge on any atom is 0.317 e. The van der Waals surface area contributed by atoms with Crippen LogP contribution >= 0.6 is 15.9 Å². The van der Waals surface area contributed by atoms with Gasteiger partial charge in [-0.3, -0.25) is 0 Å². The Morgan fingerprint density at radius 1 is 1.60 bits per heavy atom. The lowest BCUT2D eigenvalue weighted by Gasteiger charge is -2.25. The van der Waals surface area contributed by atoms with Crippen LogP contribution in [0.5, 0.6) is 0 Å². The number of amides is 2. The Labute approximate surface area is 128 Å². The van der Waals surface area contributed by atoms with Crippen molar-refractivity contribution in [3.8, 4) is 0 Å². The summed E-state index contributed by atoms with van der Waals surface area (Å²) in [5.74, 6) is 0.557. The third-order valence-corrected chi connectivity index (χ3v) is 4.09. The highest BCUT2D eigenvalue weighted by molar-refractivity contribution is 9.11. The number of halogens is 1. The summed E-state index contributed by atoms with van der Waals surface area (Å²) in [7, 11) is 0. The predicted molar refractivity (Wildman–Crippen MR) is 81.0 cm³/mol. The van der Waals surface area contributed by atoms with Gasteiger partial charge in [0.25, 0.3) is 0 Å². The van der Waals surface area contributed by atoms with Gasteiger partial charge in [-0.05, 0) is 19.3 Å². The third kappa shape index (κ3) is 5.42. The van der Waals surface area contributed by atoms with E-state index in [0.29, 0.717) is 25.6 Å². The fourth-order valence-electron chi connectivity index (χ4n) is 2.32. The zero-order chi connectivity index (χ0) is 14.2. The number of nitrogens with one attached hydrogen (secondary N) is 1. The number of carbonyl (C=O) groups is 1. The standard InChI is InChI=1S/C14H23BrN2O3/c15-13-3-1-6-17(9-13)14(18)16-5-2-7-19-10-12-4-8-20-11-12/h3,12H,1-2,4-11H2,(H,16,18)/t12-/m1/s1. The number of ether oxygens (including phenoxy) is 2. The number of rotatable bonds is 6. The zero-order valence-electron chi connectivity index (χ0n) is 11.8. The van der Waals surface area contributed by atoms with Crippen LogP contribution in [0.2, 0.25) is 0 Å². The number of carbonyl (C=O) groups excluding carboxylic acids is 1. The first-order valence-corrected chi connectivity index (χ1v) is 8.08. The Morgan fingerprint density at radius 2 is 2.50 bits per heavy atom. The molecule has 2 amide bonds. The highest BCUT2D eigenvalue weighted by atomic mass is 79.9. The lowest BCUT2D eigenvalue weighted by atomic mass is 10.1. The van der Waals surface area contributed by atoms with E-state index in [9.17, 15) is 4.79 Å². The van der Waals surface area contributed by atoms with Gasteiger partial charge in [0.2, 0.25) is 0 Å². The van der Waals surface area contributed by atoms with E-state index in [-0.39, 0.29) is 6.03 Å². The largest absolute Gasteiger partial charge is 0.381 e. The van der Waals surface area contributed by atoms with Crippen LogP contribution in [0.3, 0.4) is 0 Å². The van der Waals surface area contributed by atoms with Gasteiger partial charge in [-0.25, -0.2) is 4.79 Å². The molecule has 1 fully saturated rings. The summed E-state index contributed by atoms with van der Waals surface area (Å²) < 4.78 is 12.0. The van der Waals surface area contributed by atoms with Crippen molar-refractivity contribution in [3.63, 3.8) is 0 Å². The highest BCUT2D eigenvalue weighted by Gasteiger charge is 2.17. The zero-order valence-corrected chi connectivity index (χ0v) is 13.4. The fourth-order valence-corrected chi connectivity index (χ4v) is 2.85. The average Bonchev–Trinajstić information content (AvgIpc) is 2.95. The van der Waals surface area contributed by atoms with E-state index in [1.54, 1.807) is 0 Å². The molecule has 0 aromatic rings. The molecule has 2 heterocycles. The average molecular weight is 347 g/mol. The SMILES string of the molecule is O=C(NCCCOC[C@H]1CCOC1)N1CCC=C(Br)C1. The van der Waals surface area contributed by atoms with Crippen LogP contribution in [0, 0.1) is 5.92 Å². The summed E-state index contributed by atoms with van der Waals surface area (Å²) in [5.41, 5.74) is 0. The van der Waals surface area contributed by atoms with Crippen molar-refractivity contribution in [3.05, 3.63) is 10.6 Å². The summed E-state index contributed by atoms with van der Waals surface area (Å²) in [6, 6.07) is 0.0132. The van der Waals surface area contributed by atoms with Crippen molar-refractivity contribution < 1.29 is 14.3 Å². The van der Waals surface area contributed by atoms with Crippen molar-refractivity contribution >= 4 is 22.0 Å². The molecule has 0 aliphatic carbocycles. The minimum absolute atomic E-state index is 0.0132. The first-order chi connectivity index (χ1) is 9.75. The van der Waals surface area contributed by atoms with Crippen LogP contribution in [0.1, 0.15) is 19.3 Å². The van der Waals surface area contributed by atoms with E-state index in [4.69, 9.17) is 9.47 Å². The van der Waals surface area contributed by atoms with E-state index in [1.807, 2.05) is 4.90 Å². The van der Waals surface area contributed by atoms with Crippen molar-refractivity contribution in [1.29, 1.82) is 0 Å². The molecule has 5 nitrogen and oxygen atoms in total.